The number of benzene rings is 1. The van der Waals surface area contributed by atoms with Crippen molar-refractivity contribution in [1.82, 2.24) is 4.90 Å². The van der Waals surface area contributed by atoms with Gasteiger partial charge in [-0.05, 0) is 17.9 Å². The van der Waals surface area contributed by atoms with Crippen LogP contribution in [-0.4, -0.2) is 33.8 Å². The lowest BCUT2D eigenvalue weighted by Crippen LogP contribution is -2.52. The molecule has 1 aliphatic rings. The Morgan fingerprint density at radius 2 is 2.10 bits per heavy atom. The minimum atomic E-state index is -1.25. The monoisotopic (exact) mass is 339 g/mol. The molecule has 1 amide bonds. The highest BCUT2D eigenvalue weighted by Gasteiger charge is 2.49. The number of amides is 1. The predicted molar refractivity (Wildman–Crippen MR) is 79.7 cm³/mol. The minimum Gasteiger partial charge on any atom is -0.479 e. The molecule has 1 saturated heterocycles. The molecule has 1 N–H and O–H groups in total. The van der Waals surface area contributed by atoms with Gasteiger partial charge in [0.2, 0.25) is 5.91 Å². The number of carboxylic acid groups (broad SMARTS) is 1. The average molecular weight is 340 g/mol. The highest BCUT2D eigenvalue weighted by atomic mass is 79.9. The van der Waals surface area contributed by atoms with E-state index in [-0.39, 0.29) is 11.8 Å². The molecule has 1 aromatic rings. The van der Waals surface area contributed by atoms with Crippen molar-refractivity contribution in [1.29, 1.82) is 0 Å². The van der Waals surface area contributed by atoms with Gasteiger partial charge in [-0.2, -0.15) is 0 Å². The summed E-state index contributed by atoms with van der Waals surface area (Å²) in [5.41, 5.74) is -0.589. The number of carboxylic acids is 1. The summed E-state index contributed by atoms with van der Waals surface area (Å²) in [4.78, 5) is 25.8. The first-order chi connectivity index (χ1) is 9.56. The molecule has 2 unspecified atom stereocenters. The van der Waals surface area contributed by atoms with Crippen LogP contribution in [0.3, 0.4) is 0 Å². The van der Waals surface area contributed by atoms with E-state index in [9.17, 15) is 14.7 Å². The van der Waals surface area contributed by atoms with Gasteiger partial charge in [-0.3, -0.25) is 4.79 Å². The zero-order valence-electron chi connectivity index (χ0n) is 11.4. The fourth-order valence-electron chi connectivity index (χ4n) is 2.91. The van der Waals surface area contributed by atoms with Crippen molar-refractivity contribution in [3.63, 3.8) is 0 Å². The summed E-state index contributed by atoms with van der Waals surface area (Å²) in [5, 5.41) is 10.5. The van der Waals surface area contributed by atoms with Gasteiger partial charge in [0.15, 0.2) is 5.54 Å². The highest BCUT2D eigenvalue weighted by molar-refractivity contribution is 9.09. The maximum Gasteiger partial charge on any atom is 0.334 e. The van der Waals surface area contributed by atoms with Crippen LogP contribution in [0.4, 0.5) is 0 Å². The van der Waals surface area contributed by atoms with Crippen LogP contribution in [0.1, 0.15) is 25.3 Å². The topological polar surface area (TPSA) is 57.6 Å². The van der Waals surface area contributed by atoms with Crippen LogP contribution in [-0.2, 0) is 15.1 Å². The fraction of sp³-hybridized carbons (Fsp3) is 0.467. The lowest BCUT2D eigenvalue weighted by Gasteiger charge is -2.38. The number of hydrogen-bond donors (Lipinski definition) is 1. The summed E-state index contributed by atoms with van der Waals surface area (Å²) in [7, 11) is 0. The maximum absolute atomic E-state index is 12.3. The minimum absolute atomic E-state index is 0.0810. The van der Waals surface area contributed by atoms with E-state index in [1.54, 1.807) is 12.1 Å². The Bertz CT molecular complexity index is 505. The molecule has 0 bridgehead atoms. The number of halogens is 1. The second kappa shape index (κ2) is 5.95. The molecule has 1 aromatic carbocycles. The van der Waals surface area contributed by atoms with Crippen molar-refractivity contribution >= 4 is 27.8 Å². The Kier molecular flexibility index (Phi) is 4.48. The summed E-state index contributed by atoms with van der Waals surface area (Å²) in [5.74, 6) is -0.867. The number of alkyl halides is 1. The largest absolute Gasteiger partial charge is 0.479 e. The van der Waals surface area contributed by atoms with E-state index in [1.165, 1.54) is 4.90 Å². The van der Waals surface area contributed by atoms with Crippen molar-refractivity contribution in [2.24, 2.45) is 5.92 Å². The van der Waals surface area contributed by atoms with Crippen LogP contribution in [0, 0.1) is 5.92 Å². The van der Waals surface area contributed by atoms with Crippen molar-refractivity contribution in [3.8, 4) is 0 Å². The van der Waals surface area contributed by atoms with Crippen LogP contribution in [0.2, 0.25) is 0 Å². The second-order valence-electron chi connectivity index (χ2n) is 5.11. The van der Waals surface area contributed by atoms with E-state index in [0.717, 1.165) is 0 Å². The normalized spacial score (nSPS) is 21.8. The number of likely N-dealkylation sites (tertiary alicyclic amines) is 1. The molecule has 0 aliphatic carbocycles. The molecule has 20 heavy (non-hydrogen) atoms. The fourth-order valence-corrected chi connectivity index (χ4v) is 3.34. The van der Waals surface area contributed by atoms with Gasteiger partial charge in [0, 0.05) is 18.3 Å². The Labute approximate surface area is 126 Å². The Morgan fingerprint density at radius 1 is 1.45 bits per heavy atom. The molecule has 0 radical (unpaired) electrons. The van der Waals surface area contributed by atoms with E-state index in [0.29, 0.717) is 30.3 Å². The molecule has 0 aromatic heterocycles. The van der Waals surface area contributed by atoms with Gasteiger partial charge in [0.25, 0.3) is 0 Å². The summed E-state index contributed by atoms with van der Waals surface area (Å²) in [6.45, 7) is 2.30. The Balaban J connectivity index is 2.48. The molecule has 2 atom stereocenters. The Morgan fingerprint density at radius 3 is 2.55 bits per heavy atom. The molecule has 1 aliphatic heterocycles. The molecule has 0 saturated carbocycles. The first-order valence-electron chi connectivity index (χ1n) is 6.71. The van der Waals surface area contributed by atoms with Crippen molar-refractivity contribution in [3.05, 3.63) is 35.9 Å². The highest BCUT2D eigenvalue weighted by Crippen LogP contribution is 2.37. The van der Waals surface area contributed by atoms with Crippen LogP contribution in [0.5, 0.6) is 0 Å². The van der Waals surface area contributed by atoms with Gasteiger partial charge in [-0.1, -0.05) is 53.2 Å². The SMILES string of the molecule is CCC(C(=O)O)(c1ccccc1)N1CC(CBr)CC1=O. The number of nitrogens with zero attached hydrogens (tertiary/aromatic N) is 1. The van der Waals surface area contributed by atoms with Crippen LogP contribution in [0.15, 0.2) is 30.3 Å². The van der Waals surface area contributed by atoms with Crippen molar-refractivity contribution in [2.45, 2.75) is 25.3 Å². The Hall–Kier alpha value is -1.36. The average Bonchev–Trinajstić information content (AvgIpc) is 2.83. The molecule has 5 heteroatoms. The predicted octanol–water partition coefficient (Wildman–Crippen LogP) is 2.62. The molecule has 108 valence electrons. The summed E-state index contributed by atoms with van der Waals surface area (Å²) >= 11 is 3.39. The van der Waals surface area contributed by atoms with Gasteiger partial charge in [-0.25, -0.2) is 4.79 Å². The maximum atomic E-state index is 12.3. The lowest BCUT2D eigenvalue weighted by atomic mass is 9.85. The third-order valence-electron chi connectivity index (χ3n) is 4.00. The second-order valence-corrected chi connectivity index (χ2v) is 5.76. The quantitative estimate of drug-likeness (QED) is 0.839. The lowest BCUT2D eigenvalue weighted by molar-refractivity contribution is -0.158. The number of hydrogen-bond acceptors (Lipinski definition) is 2. The molecule has 4 nitrogen and oxygen atoms in total. The number of carbonyl (C=O) groups is 2. The smallest absolute Gasteiger partial charge is 0.334 e. The van der Waals surface area contributed by atoms with E-state index in [4.69, 9.17) is 0 Å². The zero-order chi connectivity index (χ0) is 14.8. The molecule has 1 heterocycles. The van der Waals surface area contributed by atoms with Gasteiger partial charge < -0.3 is 10.0 Å². The molecule has 0 spiro atoms. The van der Waals surface area contributed by atoms with Crippen molar-refractivity contribution in [2.75, 3.05) is 11.9 Å². The van der Waals surface area contributed by atoms with E-state index in [1.807, 2.05) is 25.1 Å². The number of rotatable bonds is 5. The van der Waals surface area contributed by atoms with E-state index < -0.39 is 11.5 Å². The van der Waals surface area contributed by atoms with Gasteiger partial charge in [0.1, 0.15) is 0 Å². The first-order valence-corrected chi connectivity index (χ1v) is 7.83. The summed E-state index contributed by atoms with van der Waals surface area (Å²) < 4.78 is 0. The van der Waals surface area contributed by atoms with E-state index in [2.05, 4.69) is 15.9 Å². The summed E-state index contributed by atoms with van der Waals surface area (Å²) in [6.07, 6.45) is 0.764. The molecule has 2 rings (SSSR count). The molecular weight excluding hydrogens is 322 g/mol. The standard InChI is InChI=1S/C15H18BrNO3/c1-2-15(14(19)20,12-6-4-3-5-7-12)17-10-11(9-16)8-13(17)18/h3-7,11H,2,8-10H2,1H3,(H,19,20). The third-order valence-corrected chi connectivity index (χ3v) is 4.92. The van der Waals surface area contributed by atoms with Crippen LogP contribution < -0.4 is 0 Å². The zero-order valence-corrected chi connectivity index (χ0v) is 13.0. The number of carbonyl (C=O) groups excluding carboxylic acids is 1. The van der Waals surface area contributed by atoms with Crippen molar-refractivity contribution < 1.29 is 14.7 Å². The van der Waals surface area contributed by atoms with Gasteiger partial charge in [-0.15, -0.1) is 0 Å². The van der Waals surface area contributed by atoms with Gasteiger partial charge >= 0.3 is 5.97 Å². The van der Waals surface area contributed by atoms with Crippen LogP contribution >= 0.6 is 15.9 Å². The molecular formula is C15H18BrNO3. The third kappa shape index (κ3) is 2.35. The number of aliphatic carboxylic acids is 1. The first kappa shape index (κ1) is 15.0. The summed E-state index contributed by atoms with van der Waals surface area (Å²) in [6, 6.07) is 9.04. The van der Waals surface area contributed by atoms with Crippen LogP contribution in [0.25, 0.3) is 0 Å². The van der Waals surface area contributed by atoms with E-state index >= 15 is 0 Å². The molecule has 1 fully saturated rings. The van der Waals surface area contributed by atoms with Gasteiger partial charge in [0.05, 0.1) is 0 Å².